The third kappa shape index (κ3) is 5.09. The average Bonchev–Trinajstić information content (AvgIpc) is 3.45. The highest BCUT2D eigenvalue weighted by Crippen LogP contribution is 2.31. The van der Waals surface area contributed by atoms with Gasteiger partial charge in [-0.2, -0.15) is 0 Å². The second-order valence-corrected chi connectivity index (χ2v) is 10.7. The van der Waals surface area contributed by atoms with Crippen LogP contribution in [0.5, 0.6) is 0 Å². The summed E-state index contributed by atoms with van der Waals surface area (Å²) in [5.74, 6) is -1.64. The van der Waals surface area contributed by atoms with Crippen LogP contribution in [0, 0.1) is 11.8 Å². The minimum atomic E-state index is -0.640. The predicted molar refractivity (Wildman–Crippen MR) is 147 cm³/mol. The number of hydrogen-bond acceptors (Lipinski definition) is 5. The van der Waals surface area contributed by atoms with Crippen LogP contribution < -0.4 is 0 Å². The van der Waals surface area contributed by atoms with Gasteiger partial charge in [-0.3, -0.25) is 19.3 Å². The highest BCUT2D eigenvalue weighted by atomic mass is 16.6. The molecule has 0 aliphatic carbocycles. The maximum absolute atomic E-state index is 13.5. The molecule has 5 rings (SSSR count). The summed E-state index contributed by atoms with van der Waals surface area (Å²) >= 11 is 0. The average molecular weight is 525 g/mol. The fraction of sp³-hybridized carbons (Fsp3) is 0.312. The largest absolute Gasteiger partial charge is 0.447 e. The van der Waals surface area contributed by atoms with Crippen LogP contribution in [0.2, 0.25) is 0 Å². The van der Waals surface area contributed by atoms with E-state index in [1.807, 2.05) is 68.4 Å². The van der Waals surface area contributed by atoms with Crippen molar-refractivity contribution >= 4 is 23.8 Å². The highest BCUT2D eigenvalue weighted by Gasteiger charge is 2.44. The van der Waals surface area contributed by atoms with E-state index in [1.54, 1.807) is 31.2 Å². The first kappa shape index (κ1) is 26.4. The maximum atomic E-state index is 13.5. The molecule has 7 heteroatoms. The maximum Gasteiger partial charge on any atom is 0.416 e. The summed E-state index contributed by atoms with van der Waals surface area (Å²) < 4.78 is 5.18. The fourth-order valence-corrected chi connectivity index (χ4v) is 5.48. The van der Waals surface area contributed by atoms with Gasteiger partial charge in [-0.25, -0.2) is 9.69 Å². The van der Waals surface area contributed by atoms with Gasteiger partial charge in [-0.15, -0.1) is 0 Å². The zero-order valence-corrected chi connectivity index (χ0v) is 22.4. The quantitative estimate of drug-likeness (QED) is 0.359. The molecule has 1 fully saturated rings. The van der Waals surface area contributed by atoms with Crippen molar-refractivity contribution in [2.45, 2.75) is 45.7 Å². The summed E-state index contributed by atoms with van der Waals surface area (Å²) in [6, 6.07) is 23.9. The number of nitrogens with zero attached hydrogens (tertiary/aromatic N) is 2. The van der Waals surface area contributed by atoms with Gasteiger partial charge in [-0.1, -0.05) is 87.5 Å². The number of benzene rings is 3. The van der Waals surface area contributed by atoms with E-state index in [-0.39, 0.29) is 42.7 Å². The number of ether oxygens (including phenoxy) is 1. The number of fused-ring (bicyclic) bond motifs is 1. The normalized spacial score (nSPS) is 18.4. The zero-order chi connectivity index (χ0) is 27.7. The lowest BCUT2D eigenvalue weighted by atomic mass is 9.92. The van der Waals surface area contributed by atoms with Crippen molar-refractivity contribution in [1.29, 1.82) is 0 Å². The van der Waals surface area contributed by atoms with E-state index in [0.29, 0.717) is 17.5 Å². The Bertz CT molecular complexity index is 1360. The van der Waals surface area contributed by atoms with Gasteiger partial charge in [0.15, 0.2) is 0 Å². The molecule has 1 unspecified atom stereocenters. The first-order chi connectivity index (χ1) is 18.8. The summed E-state index contributed by atoms with van der Waals surface area (Å²) in [6.45, 7) is 5.80. The first-order valence-electron chi connectivity index (χ1n) is 13.4. The molecule has 0 spiro atoms. The van der Waals surface area contributed by atoms with Gasteiger partial charge in [0, 0.05) is 12.0 Å². The number of carbonyl (C=O) groups is 4. The molecule has 3 aromatic rings. The molecule has 0 saturated carbocycles. The molecule has 4 amide bonds. The summed E-state index contributed by atoms with van der Waals surface area (Å²) in [7, 11) is 0. The van der Waals surface area contributed by atoms with E-state index in [1.165, 1.54) is 9.80 Å². The van der Waals surface area contributed by atoms with E-state index in [4.69, 9.17) is 4.74 Å². The third-order valence-corrected chi connectivity index (χ3v) is 7.68. The summed E-state index contributed by atoms with van der Waals surface area (Å²) in [5, 5.41) is 0. The van der Waals surface area contributed by atoms with Gasteiger partial charge in [0.25, 0.3) is 11.8 Å². The Morgan fingerprint density at radius 2 is 1.38 bits per heavy atom. The molecular weight excluding hydrogens is 492 g/mol. The number of cyclic esters (lactones) is 1. The monoisotopic (exact) mass is 524 g/mol. The van der Waals surface area contributed by atoms with Gasteiger partial charge in [0.1, 0.15) is 6.61 Å². The molecule has 0 bridgehead atoms. The van der Waals surface area contributed by atoms with Crippen LogP contribution in [0.3, 0.4) is 0 Å². The van der Waals surface area contributed by atoms with Crippen molar-refractivity contribution in [3.05, 3.63) is 95.6 Å². The molecule has 0 aromatic heterocycles. The Labute approximate surface area is 228 Å². The zero-order valence-electron chi connectivity index (χ0n) is 22.4. The summed E-state index contributed by atoms with van der Waals surface area (Å²) in [6.07, 6.45) is -0.0328. The Kier molecular flexibility index (Phi) is 7.33. The van der Waals surface area contributed by atoms with Crippen LogP contribution in [0.1, 0.15) is 53.5 Å². The minimum Gasteiger partial charge on any atom is -0.447 e. The van der Waals surface area contributed by atoms with Crippen molar-refractivity contribution in [1.82, 2.24) is 9.80 Å². The molecule has 2 aliphatic rings. The molecule has 3 aromatic carbocycles. The lowest BCUT2D eigenvalue weighted by molar-refractivity contribution is -0.134. The van der Waals surface area contributed by atoms with Gasteiger partial charge >= 0.3 is 6.09 Å². The van der Waals surface area contributed by atoms with Crippen molar-refractivity contribution in [3.63, 3.8) is 0 Å². The molecule has 0 N–H and O–H groups in total. The molecule has 3 atom stereocenters. The van der Waals surface area contributed by atoms with Crippen LogP contribution in [0.25, 0.3) is 11.1 Å². The van der Waals surface area contributed by atoms with Gasteiger partial charge < -0.3 is 4.74 Å². The van der Waals surface area contributed by atoms with E-state index in [9.17, 15) is 19.2 Å². The van der Waals surface area contributed by atoms with E-state index in [2.05, 4.69) is 0 Å². The van der Waals surface area contributed by atoms with Crippen LogP contribution in [-0.2, 0) is 16.0 Å². The van der Waals surface area contributed by atoms with Gasteiger partial charge in [-0.05, 0) is 47.6 Å². The molecule has 39 heavy (non-hydrogen) atoms. The van der Waals surface area contributed by atoms with Crippen LogP contribution >= 0.6 is 0 Å². The molecular formula is C32H32N2O5. The lowest BCUT2D eigenvalue weighted by Crippen LogP contribution is -2.47. The predicted octanol–water partition coefficient (Wildman–Crippen LogP) is 5.59. The second kappa shape index (κ2) is 10.8. The van der Waals surface area contributed by atoms with Gasteiger partial charge in [0.2, 0.25) is 5.91 Å². The van der Waals surface area contributed by atoms with E-state index < -0.39 is 18.1 Å². The van der Waals surface area contributed by atoms with Crippen molar-refractivity contribution in [2.24, 2.45) is 11.8 Å². The Balaban J connectivity index is 1.42. The number of imide groups is 2. The first-order valence-corrected chi connectivity index (χ1v) is 13.4. The van der Waals surface area contributed by atoms with Crippen LogP contribution in [-0.4, -0.2) is 52.3 Å². The Hall–Kier alpha value is -4.26. The number of carbonyl (C=O) groups excluding carboxylic acids is 4. The third-order valence-electron chi connectivity index (χ3n) is 7.68. The van der Waals surface area contributed by atoms with Gasteiger partial charge in [0.05, 0.1) is 17.2 Å². The standard InChI is InChI=1S/C32H32N2O5/c1-20(2)28-19-39-32(38)34(28)29(35)21(3)17-25(33-30(36)26-11-7-8-12-27(26)31(33)37)18-22-13-15-24(16-14-22)23-9-5-4-6-10-23/h4-16,20-21,25,28H,17-19H2,1-3H3/t21-,25?,28-/m0/s1. The molecule has 1 saturated heterocycles. The van der Waals surface area contributed by atoms with Crippen molar-refractivity contribution in [3.8, 4) is 11.1 Å². The smallest absolute Gasteiger partial charge is 0.416 e. The Morgan fingerprint density at radius 3 is 1.97 bits per heavy atom. The second-order valence-electron chi connectivity index (χ2n) is 10.7. The topological polar surface area (TPSA) is 84.0 Å². The molecule has 200 valence electrons. The van der Waals surface area contributed by atoms with Crippen molar-refractivity contribution < 1.29 is 23.9 Å². The molecule has 2 aliphatic heterocycles. The van der Waals surface area contributed by atoms with Crippen molar-refractivity contribution in [2.75, 3.05) is 6.61 Å². The SMILES string of the molecule is CC(C)[C@@H]1COC(=O)N1C(=O)[C@@H](C)CC(Cc1ccc(-c2ccccc2)cc1)N1C(=O)c2ccccc2C1=O. The number of amides is 4. The number of rotatable bonds is 8. The summed E-state index contributed by atoms with van der Waals surface area (Å²) in [4.78, 5) is 55.3. The number of hydrogen-bond donors (Lipinski definition) is 0. The van der Waals surface area contributed by atoms with E-state index in [0.717, 1.165) is 16.7 Å². The fourth-order valence-electron chi connectivity index (χ4n) is 5.48. The molecule has 7 nitrogen and oxygen atoms in total. The molecule has 0 radical (unpaired) electrons. The van der Waals surface area contributed by atoms with Crippen LogP contribution in [0.4, 0.5) is 4.79 Å². The highest BCUT2D eigenvalue weighted by molar-refractivity contribution is 6.21. The minimum absolute atomic E-state index is 0.0442. The summed E-state index contributed by atoms with van der Waals surface area (Å²) in [5.41, 5.74) is 3.84. The van der Waals surface area contributed by atoms with E-state index >= 15 is 0 Å². The van der Waals surface area contributed by atoms with Crippen LogP contribution in [0.15, 0.2) is 78.9 Å². The Morgan fingerprint density at radius 1 is 0.821 bits per heavy atom. The molecule has 2 heterocycles. The lowest BCUT2D eigenvalue weighted by Gasteiger charge is -2.31.